The van der Waals surface area contributed by atoms with Crippen molar-refractivity contribution in [2.45, 2.75) is 18.7 Å². The predicted octanol–water partition coefficient (Wildman–Crippen LogP) is 2.40. The van der Waals surface area contributed by atoms with Gasteiger partial charge in [0.2, 0.25) is 0 Å². The lowest BCUT2D eigenvalue weighted by atomic mass is 10.1. The number of carbonyl (C=O) groups excluding carboxylic acids is 1. The molecule has 0 fully saturated rings. The number of hydrogen-bond acceptors (Lipinski definition) is 3. The highest BCUT2D eigenvalue weighted by atomic mass is 32.2. The van der Waals surface area contributed by atoms with E-state index in [1.54, 1.807) is 24.2 Å². The maximum atomic E-state index is 11.3. The number of Topliss-reactive ketones (excluding diaryl/α,β-unsaturated/α-hetero) is 1. The van der Waals surface area contributed by atoms with E-state index in [9.17, 15) is 4.79 Å². The maximum absolute atomic E-state index is 11.3. The molecular formula is C10H13NOS. The first-order chi connectivity index (χ1) is 6.20. The lowest BCUT2D eigenvalue weighted by Gasteiger charge is -2.02. The molecule has 3 heteroatoms. The third-order valence-corrected chi connectivity index (χ3v) is 2.71. The number of nitrogens with zero attached hydrogens (tertiary/aromatic N) is 1. The number of rotatable bonds is 4. The summed E-state index contributed by atoms with van der Waals surface area (Å²) in [5, 5.41) is 0. The molecule has 1 aromatic heterocycles. The Morgan fingerprint density at radius 1 is 1.46 bits per heavy atom. The van der Waals surface area contributed by atoms with Crippen LogP contribution in [0.25, 0.3) is 0 Å². The number of thioether (sulfide) groups is 1. The smallest absolute Gasteiger partial charge is 0.145 e. The van der Waals surface area contributed by atoms with E-state index in [4.69, 9.17) is 0 Å². The van der Waals surface area contributed by atoms with E-state index in [-0.39, 0.29) is 5.92 Å². The summed E-state index contributed by atoms with van der Waals surface area (Å²) in [7, 11) is 0. The topological polar surface area (TPSA) is 30.0 Å². The van der Waals surface area contributed by atoms with Crippen LogP contribution in [-0.2, 0) is 4.79 Å². The standard InChI is InChI=1S/C10H13NOS/c1-8(2)10(12)7-13-9-3-5-11-6-4-9/h3-6,8H,7H2,1-2H3. The lowest BCUT2D eigenvalue weighted by molar-refractivity contribution is -0.119. The highest BCUT2D eigenvalue weighted by Crippen LogP contribution is 2.17. The number of carbonyl (C=O) groups is 1. The Labute approximate surface area is 82.8 Å². The van der Waals surface area contributed by atoms with Crippen molar-refractivity contribution in [1.29, 1.82) is 0 Å². The van der Waals surface area contributed by atoms with Crippen LogP contribution in [0.2, 0.25) is 0 Å². The molecule has 0 aromatic carbocycles. The van der Waals surface area contributed by atoms with Crippen LogP contribution in [0.15, 0.2) is 29.4 Å². The lowest BCUT2D eigenvalue weighted by Crippen LogP contribution is -2.09. The van der Waals surface area contributed by atoms with Crippen molar-refractivity contribution in [3.05, 3.63) is 24.5 Å². The molecule has 1 aromatic rings. The fraction of sp³-hybridized carbons (Fsp3) is 0.400. The van der Waals surface area contributed by atoms with E-state index in [0.29, 0.717) is 11.5 Å². The van der Waals surface area contributed by atoms with Crippen molar-refractivity contribution in [2.24, 2.45) is 5.92 Å². The van der Waals surface area contributed by atoms with Crippen LogP contribution < -0.4 is 0 Å². The Morgan fingerprint density at radius 3 is 2.62 bits per heavy atom. The first-order valence-electron chi connectivity index (χ1n) is 4.25. The molecule has 0 aliphatic carbocycles. The molecule has 0 radical (unpaired) electrons. The van der Waals surface area contributed by atoms with Crippen LogP contribution in [0.5, 0.6) is 0 Å². The van der Waals surface area contributed by atoms with Gasteiger partial charge in [0.1, 0.15) is 5.78 Å². The Kier molecular flexibility index (Phi) is 3.96. The molecule has 13 heavy (non-hydrogen) atoms. The minimum atomic E-state index is 0.134. The van der Waals surface area contributed by atoms with Crippen molar-refractivity contribution >= 4 is 17.5 Å². The van der Waals surface area contributed by atoms with Gasteiger partial charge in [0.05, 0.1) is 5.75 Å². The Hall–Kier alpha value is -0.830. The van der Waals surface area contributed by atoms with E-state index < -0.39 is 0 Å². The van der Waals surface area contributed by atoms with Crippen LogP contribution >= 0.6 is 11.8 Å². The van der Waals surface area contributed by atoms with Crippen LogP contribution in [0.3, 0.4) is 0 Å². The average molecular weight is 195 g/mol. The Bertz CT molecular complexity index is 272. The van der Waals surface area contributed by atoms with Crippen LogP contribution in [0, 0.1) is 5.92 Å². The fourth-order valence-electron chi connectivity index (χ4n) is 0.756. The Balaban J connectivity index is 2.40. The summed E-state index contributed by atoms with van der Waals surface area (Å²) in [6, 6.07) is 3.83. The summed E-state index contributed by atoms with van der Waals surface area (Å²) in [5.41, 5.74) is 0. The fourth-order valence-corrected chi connectivity index (χ4v) is 1.71. The summed E-state index contributed by atoms with van der Waals surface area (Å²) in [4.78, 5) is 16.3. The summed E-state index contributed by atoms with van der Waals surface area (Å²) < 4.78 is 0. The van der Waals surface area contributed by atoms with Gasteiger partial charge >= 0.3 is 0 Å². The maximum Gasteiger partial charge on any atom is 0.145 e. The van der Waals surface area contributed by atoms with Crippen molar-refractivity contribution in [3.63, 3.8) is 0 Å². The summed E-state index contributed by atoms with van der Waals surface area (Å²) in [6.45, 7) is 3.85. The van der Waals surface area contributed by atoms with Gasteiger partial charge in [-0.3, -0.25) is 9.78 Å². The molecule has 1 rings (SSSR count). The third-order valence-electron chi connectivity index (χ3n) is 1.67. The van der Waals surface area contributed by atoms with E-state index >= 15 is 0 Å². The van der Waals surface area contributed by atoms with Gasteiger partial charge in [-0.15, -0.1) is 11.8 Å². The van der Waals surface area contributed by atoms with Gasteiger partial charge in [0.15, 0.2) is 0 Å². The molecule has 0 atom stereocenters. The minimum absolute atomic E-state index is 0.134. The second kappa shape index (κ2) is 5.02. The monoisotopic (exact) mass is 195 g/mol. The molecule has 2 nitrogen and oxygen atoms in total. The van der Waals surface area contributed by atoms with Gasteiger partial charge in [-0.2, -0.15) is 0 Å². The number of ketones is 1. The van der Waals surface area contributed by atoms with E-state index in [1.165, 1.54) is 0 Å². The molecule has 0 aliphatic rings. The summed E-state index contributed by atoms with van der Waals surface area (Å²) in [6.07, 6.45) is 3.48. The average Bonchev–Trinajstić information content (AvgIpc) is 2.15. The van der Waals surface area contributed by atoms with Gasteiger partial charge in [-0.25, -0.2) is 0 Å². The molecule has 0 amide bonds. The predicted molar refractivity (Wildman–Crippen MR) is 54.8 cm³/mol. The van der Waals surface area contributed by atoms with Crippen molar-refractivity contribution in [1.82, 2.24) is 4.98 Å². The molecule has 0 bridgehead atoms. The second-order valence-corrected chi connectivity index (χ2v) is 4.14. The highest BCUT2D eigenvalue weighted by Gasteiger charge is 2.06. The van der Waals surface area contributed by atoms with Crippen LogP contribution in [0.4, 0.5) is 0 Å². The van der Waals surface area contributed by atoms with Crippen LogP contribution in [-0.4, -0.2) is 16.5 Å². The van der Waals surface area contributed by atoms with Crippen molar-refractivity contribution in [3.8, 4) is 0 Å². The van der Waals surface area contributed by atoms with Crippen molar-refractivity contribution in [2.75, 3.05) is 5.75 Å². The second-order valence-electron chi connectivity index (χ2n) is 3.09. The number of aromatic nitrogens is 1. The Morgan fingerprint density at radius 2 is 2.08 bits per heavy atom. The first kappa shape index (κ1) is 10.3. The SMILES string of the molecule is CC(C)C(=O)CSc1ccncc1. The highest BCUT2D eigenvalue weighted by molar-refractivity contribution is 8.00. The minimum Gasteiger partial charge on any atom is -0.298 e. The number of pyridine rings is 1. The van der Waals surface area contributed by atoms with Gasteiger partial charge in [0, 0.05) is 23.2 Å². The number of hydrogen-bond donors (Lipinski definition) is 0. The zero-order valence-electron chi connectivity index (χ0n) is 7.86. The molecule has 70 valence electrons. The van der Waals surface area contributed by atoms with E-state index in [0.717, 1.165) is 4.90 Å². The van der Waals surface area contributed by atoms with E-state index in [1.807, 2.05) is 26.0 Å². The molecular weight excluding hydrogens is 182 g/mol. The van der Waals surface area contributed by atoms with Gasteiger partial charge in [-0.1, -0.05) is 13.8 Å². The molecule has 0 unspecified atom stereocenters. The normalized spacial score (nSPS) is 10.4. The van der Waals surface area contributed by atoms with Gasteiger partial charge < -0.3 is 0 Å². The zero-order chi connectivity index (χ0) is 9.68. The van der Waals surface area contributed by atoms with Gasteiger partial charge in [-0.05, 0) is 12.1 Å². The molecule has 0 saturated carbocycles. The zero-order valence-corrected chi connectivity index (χ0v) is 8.67. The quantitative estimate of drug-likeness (QED) is 0.691. The van der Waals surface area contributed by atoms with Crippen LogP contribution in [0.1, 0.15) is 13.8 Å². The largest absolute Gasteiger partial charge is 0.298 e. The molecule has 0 N–H and O–H groups in total. The third kappa shape index (κ3) is 3.59. The summed E-state index contributed by atoms with van der Waals surface area (Å²) in [5.74, 6) is 0.984. The molecule has 0 aliphatic heterocycles. The molecule has 1 heterocycles. The summed E-state index contributed by atoms with van der Waals surface area (Å²) >= 11 is 1.57. The molecule has 0 saturated heterocycles. The van der Waals surface area contributed by atoms with Gasteiger partial charge in [0.25, 0.3) is 0 Å². The van der Waals surface area contributed by atoms with Crippen molar-refractivity contribution < 1.29 is 4.79 Å². The first-order valence-corrected chi connectivity index (χ1v) is 5.24. The van der Waals surface area contributed by atoms with E-state index in [2.05, 4.69) is 4.98 Å². The molecule has 0 spiro atoms.